The van der Waals surface area contributed by atoms with Crippen LogP contribution in [0.2, 0.25) is 20.1 Å². The number of carboxylic acids is 1. The second-order valence-electron chi connectivity index (χ2n) is 8.86. The minimum atomic E-state index is -0.883. The highest BCUT2D eigenvalue weighted by Gasteiger charge is 2.61. The summed E-state index contributed by atoms with van der Waals surface area (Å²) in [6.07, 6.45) is -0.0754. The van der Waals surface area contributed by atoms with Crippen molar-refractivity contribution in [3.05, 3.63) is 102 Å². The molecule has 3 aliphatic carbocycles. The van der Waals surface area contributed by atoms with Gasteiger partial charge in [-0.1, -0.05) is 109 Å². The molecule has 31 heavy (non-hydrogen) atoms. The Kier molecular flexibility index (Phi) is 4.70. The normalized spacial score (nSPS) is 20.8. The minimum Gasteiger partial charge on any atom is -0.481 e. The summed E-state index contributed by atoms with van der Waals surface area (Å²) in [4.78, 5) is 12.0. The fraction of sp³-hybridized carbons (Fsp3) is 0.240. The van der Waals surface area contributed by atoms with Crippen LogP contribution in [-0.4, -0.2) is 11.1 Å². The molecule has 158 valence electrons. The van der Waals surface area contributed by atoms with Gasteiger partial charge >= 0.3 is 5.97 Å². The molecule has 3 aromatic carbocycles. The van der Waals surface area contributed by atoms with Gasteiger partial charge in [-0.25, -0.2) is 0 Å². The van der Waals surface area contributed by atoms with Crippen molar-refractivity contribution in [2.75, 3.05) is 0 Å². The molecule has 6 rings (SSSR count). The maximum Gasteiger partial charge on any atom is 0.303 e. The molecule has 3 aromatic rings. The van der Waals surface area contributed by atoms with Crippen LogP contribution in [0.1, 0.15) is 59.6 Å². The van der Waals surface area contributed by atoms with Gasteiger partial charge in [0, 0.05) is 5.92 Å². The van der Waals surface area contributed by atoms with Crippen LogP contribution >= 0.6 is 46.4 Å². The third kappa shape index (κ3) is 2.51. The highest BCUT2D eigenvalue weighted by atomic mass is 35.5. The van der Waals surface area contributed by atoms with Crippen molar-refractivity contribution in [3.63, 3.8) is 0 Å². The first-order chi connectivity index (χ1) is 14.6. The van der Waals surface area contributed by atoms with Crippen molar-refractivity contribution in [2.45, 2.75) is 31.6 Å². The highest BCUT2D eigenvalue weighted by molar-refractivity contribution is 6.52. The molecular weight excluding hydrogens is 474 g/mol. The number of halogens is 4. The number of carbonyl (C=O) groups is 1. The maximum atomic E-state index is 12.0. The summed E-state index contributed by atoms with van der Waals surface area (Å²) >= 11 is 26.8. The van der Waals surface area contributed by atoms with Crippen LogP contribution in [0.15, 0.2) is 48.5 Å². The molecule has 0 atom stereocenters. The maximum absolute atomic E-state index is 12.0. The van der Waals surface area contributed by atoms with Crippen LogP contribution in [0.3, 0.4) is 0 Å². The molecule has 3 aliphatic rings. The molecule has 0 aromatic heterocycles. The van der Waals surface area contributed by atoms with E-state index in [1.165, 1.54) is 0 Å². The largest absolute Gasteiger partial charge is 0.481 e. The molecule has 1 N–H and O–H groups in total. The molecule has 0 saturated carbocycles. The van der Waals surface area contributed by atoms with E-state index in [4.69, 9.17) is 46.4 Å². The Morgan fingerprint density at radius 3 is 1.87 bits per heavy atom. The Hall–Kier alpha value is -1.71. The van der Waals surface area contributed by atoms with Crippen LogP contribution < -0.4 is 0 Å². The topological polar surface area (TPSA) is 37.3 Å². The van der Waals surface area contributed by atoms with Crippen molar-refractivity contribution in [1.82, 2.24) is 0 Å². The van der Waals surface area contributed by atoms with E-state index in [0.717, 1.165) is 33.4 Å². The van der Waals surface area contributed by atoms with E-state index in [1.807, 2.05) is 38.1 Å². The molecular formula is C25H18Cl4O2. The summed E-state index contributed by atoms with van der Waals surface area (Å²) in [5, 5.41) is 11.0. The summed E-state index contributed by atoms with van der Waals surface area (Å²) in [5.41, 5.74) is 4.20. The monoisotopic (exact) mass is 490 g/mol. The summed E-state index contributed by atoms with van der Waals surface area (Å²) in [7, 11) is 0. The molecule has 0 amide bonds. The molecule has 0 fully saturated rings. The standard InChI is InChI=1S/C25H18Cl4O2/c1-24(2,11-16(30)31)25-14-9-5-3-7-12(14)17(13-8-4-6-10-15(13)25)18-19(25)21(27)23(29)22(28)20(18)26/h3-10,17H,11H2,1-2H3,(H,30,31). The first-order valence-corrected chi connectivity index (χ1v) is 11.4. The average molecular weight is 492 g/mol. The second kappa shape index (κ2) is 6.89. The van der Waals surface area contributed by atoms with Crippen molar-refractivity contribution in [3.8, 4) is 0 Å². The predicted octanol–water partition coefficient (Wildman–Crippen LogP) is 7.94. The van der Waals surface area contributed by atoms with Gasteiger partial charge in [-0.3, -0.25) is 4.79 Å². The van der Waals surface area contributed by atoms with Crippen LogP contribution in [0.25, 0.3) is 0 Å². The molecule has 2 bridgehead atoms. The first-order valence-electron chi connectivity index (χ1n) is 9.91. The zero-order chi connectivity index (χ0) is 22.3. The Bertz CT molecular complexity index is 1230. The van der Waals surface area contributed by atoms with Crippen molar-refractivity contribution >= 4 is 52.4 Å². The number of aliphatic carboxylic acids is 1. The summed E-state index contributed by atoms with van der Waals surface area (Å²) in [6.45, 7) is 3.94. The van der Waals surface area contributed by atoms with Gasteiger partial charge in [0.05, 0.1) is 31.9 Å². The molecule has 0 saturated heterocycles. The predicted molar refractivity (Wildman–Crippen MR) is 126 cm³/mol. The highest BCUT2D eigenvalue weighted by Crippen LogP contribution is 2.69. The number of hydrogen-bond acceptors (Lipinski definition) is 1. The zero-order valence-corrected chi connectivity index (χ0v) is 19.8. The third-order valence-corrected chi connectivity index (χ3v) is 8.74. The summed E-state index contributed by atoms with van der Waals surface area (Å²) in [6, 6.07) is 16.2. The Morgan fingerprint density at radius 1 is 0.871 bits per heavy atom. The lowest BCUT2D eigenvalue weighted by Gasteiger charge is -2.58. The van der Waals surface area contributed by atoms with E-state index in [0.29, 0.717) is 10.0 Å². The van der Waals surface area contributed by atoms with Crippen LogP contribution in [-0.2, 0) is 10.2 Å². The van der Waals surface area contributed by atoms with Crippen LogP contribution in [0, 0.1) is 5.41 Å². The van der Waals surface area contributed by atoms with E-state index in [-0.39, 0.29) is 22.4 Å². The minimum absolute atomic E-state index is 0.0754. The van der Waals surface area contributed by atoms with Gasteiger partial charge in [0.1, 0.15) is 0 Å². The second-order valence-corrected chi connectivity index (χ2v) is 10.4. The third-order valence-electron chi connectivity index (χ3n) is 6.93. The van der Waals surface area contributed by atoms with Gasteiger partial charge in [-0.2, -0.15) is 0 Å². The van der Waals surface area contributed by atoms with Crippen LogP contribution in [0.5, 0.6) is 0 Å². The van der Waals surface area contributed by atoms with E-state index in [9.17, 15) is 9.90 Å². The van der Waals surface area contributed by atoms with Gasteiger partial charge < -0.3 is 5.11 Å². The quantitative estimate of drug-likeness (QED) is 0.298. The molecule has 6 heteroatoms. The van der Waals surface area contributed by atoms with Crippen molar-refractivity contribution in [1.29, 1.82) is 0 Å². The van der Waals surface area contributed by atoms with Crippen molar-refractivity contribution in [2.24, 2.45) is 5.41 Å². The van der Waals surface area contributed by atoms with Gasteiger partial charge in [0.2, 0.25) is 0 Å². The average Bonchev–Trinajstić information content (AvgIpc) is 2.74. The smallest absolute Gasteiger partial charge is 0.303 e. The SMILES string of the molecule is CC(C)(CC(=O)O)C12c3ccccc3C(c3ccccc31)c1c(Cl)c(Cl)c(Cl)c(Cl)c12. The van der Waals surface area contributed by atoms with Gasteiger partial charge in [-0.05, 0) is 38.8 Å². The van der Waals surface area contributed by atoms with Gasteiger partial charge in [0.15, 0.2) is 0 Å². The molecule has 0 unspecified atom stereocenters. The van der Waals surface area contributed by atoms with E-state index in [2.05, 4.69) is 24.3 Å². The molecule has 0 radical (unpaired) electrons. The number of carboxylic acid groups (broad SMARTS) is 1. The van der Waals surface area contributed by atoms with Crippen LogP contribution in [0.4, 0.5) is 0 Å². The first kappa shape index (κ1) is 21.2. The van der Waals surface area contributed by atoms with E-state index >= 15 is 0 Å². The number of rotatable bonds is 3. The molecule has 0 heterocycles. The summed E-state index contributed by atoms with van der Waals surface area (Å²) < 4.78 is 0. The fourth-order valence-electron chi connectivity index (χ4n) is 5.94. The van der Waals surface area contributed by atoms with Gasteiger partial charge in [0.25, 0.3) is 0 Å². The molecule has 0 spiro atoms. The van der Waals surface area contributed by atoms with Crippen molar-refractivity contribution < 1.29 is 9.90 Å². The Morgan fingerprint density at radius 2 is 1.35 bits per heavy atom. The lowest BCUT2D eigenvalue weighted by molar-refractivity contribution is -0.140. The number of hydrogen-bond donors (Lipinski definition) is 1. The molecule has 0 aliphatic heterocycles. The zero-order valence-electron chi connectivity index (χ0n) is 16.8. The Labute approximate surface area is 200 Å². The lowest BCUT2D eigenvalue weighted by Crippen LogP contribution is -2.52. The fourth-order valence-corrected chi connectivity index (χ4v) is 7.06. The van der Waals surface area contributed by atoms with E-state index in [1.54, 1.807) is 0 Å². The Balaban J connectivity index is 2.07. The summed E-state index contributed by atoms with van der Waals surface area (Å²) in [5.74, 6) is -1.05. The molecule has 2 nitrogen and oxygen atoms in total. The van der Waals surface area contributed by atoms with Gasteiger partial charge in [-0.15, -0.1) is 0 Å². The lowest BCUT2D eigenvalue weighted by atomic mass is 9.44. The number of benzene rings is 3. The van der Waals surface area contributed by atoms with E-state index < -0.39 is 16.8 Å².